The minimum atomic E-state index is -3.64. The first-order valence-electron chi connectivity index (χ1n) is 10.5. The van der Waals surface area contributed by atoms with Crippen LogP contribution in [0.15, 0.2) is 17.2 Å². The number of sulfonamides is 1. The Balaban J connectivity index is 2.10. The maximum atomic E-state index is 13.1. The summed E-state index contributed by atoms with van der Waals surface area (Å²) in [6.45, 7) is 10.4. The van der Waals surface area contributed by atoms with Gasteiger partial charge in [0.1, 0.15) is 10.6 Å². The van der Waals surface area contributed by atoms with Crippen molar-refractivity contribution in [3.63, 3.8) is 0 Å². The number of hydrogen-bond acceptors (Lipinski definition) is 5. The molecule has 170 valence electrons. The van der Waals surface area contributed by atoms with E-state index >= 15 is 0 Å². The van der Waals surface area contributed by atoms with Gasteiger partial charge in [0.2, 0.25) is 10.0 Å². The minimum Gasteiger partial charge on any atom is -0.449 e. The first-order chi connectivity index (χ1) is 14.1. The molecule has 0 spiro atoms. The van der Waals surface area contributed by atoms with Gasteiger partial charge in [0.05, 0.1) is 6.61 Å². The van der Waals surface area contributed by atoms with Gasteiger partial charge in [-0.25, -0.2) is 13.2 Å². The SMILES string of the molecule is CCN(CC)S(=O)(=O)c1cc(C(=O)N2CCCN(C(=O)OCC(C)C)CC2)n(C)c1. The van der Waals surface area contributed by atoms with Crippen LogP contribution >= 0.6 is 0 Å². The van der Waals surface area contributed by atoms with E-state index in [0.717, 1.165) is 0 Å². The summed E-state index contributed by atoms with van der Waals surface area (Å²) in [4.78, 5) is 28.7. The van der Waals surface area contributed by atoms with E-state index in [1.165, 1.54) is 16.6 Å². The van der Waals surface area contributed by atoms with E-state index in [2.05, 4.69) is 0 Å². The number of rotatable bonds is 7. The van der Waals surface area contributed by atoms with Gasteiger partial charge < -0.3 is 19.1 Å². The summed E-state index contributed by atoms with van der Waals surface area (Å²) in [6.07, 6.45) is 1.76. The second kappa shape index (κ2) is 10.3. The van der Waals surface area contributed by atoms with Crippen molar-refractivity contribution in [3.05, 3.63) is 18.0 Å². The van der Waals surface area contributed by atoms with Crippen molar-refractivity contribution in [1.82, 2.24) is 18.7 Å². The molecule has 0 aliphatic carbocycles. The van der Waals surface area contributed by atoms with E-state index in [4.69, 9.17) is 4.74 Å². The van der Waals surface area contributed by atoms with Crippen LogP contribution in [-0.4, -0.2) is 85.0 Å². The second-order valence-electron chi connectivity index (χ2n) is 7.86. The summed E-state index contributed by atoms with van der Waals surface area (Å²) in [6, 6.07) is 1.44. The van der Waals surface area contributed by atoms with Crippen LogP contribution in [0.4, 0.5) is 4.79 Å². The quantitative estimate of drug-likeness (QED) is 0.644. The van der Waals surface area contributed by atoms with Gasteiger partial charge in [-0.05, 0) is 18.4 Å². The van der Waals surface area contributed by atoms with Crippen LogP contribution in [0, 0.1) is 5.92 Å². The second-order valence-corrected chi connectivity index (χ2v) is 9.80. The van der Waals surface area contributed by atoms with E-state index in [-0.39, 0.29) is 22.8 Å². The van der Waals surface area contributed by atoms with Gasteiger partial charge in [-0.2, -0.15) is 4.31 Å². The average molecular weight is 443 g/mol. The lowest BCUT2D eigenvalue weighted by molar-refractivity contribution is 0.0737. The number of carbonyl (C=O) groups excluding carboxylic acids is 2. The molecule has 9 nitrogen and oxygen atoms in total. The fourth-order valence-corrected chi connectivity index (χ4v) is 4.92. The van der Waals surface area contributed by atoms with Gasteiger partial charge in [0, 0.05) is 52.5 Å². The van der Waals surface area contributed by atoms with E-state index in [1.54, 1.807) is 35.3 Å². The first kappa shape index (κ1) is 24.2. The van der Waals surface area contributed by atoms with Gasteiger partial charge in [-0.15, -0.1) is 0 Å². The molecule has 0 N–H and O–H groups in total. The molecule has 10 heteroatoms. The third kappa shape index (κ3) is 5.54. The van der Waals surface area contributed by atoms with Crippen LogP contribution in [0.25, 0.3) is 0 Å². The zero-order valence-electron chi connectivity index (χ0n) is 18.6. The summed E-state index contributed by atoms with van der Waals surface area (Å²) >= 11 is 0. The number of nitrogens with zero attached hydrogens (tertiary/aromatic N) is 4. The van der Waals surface area contributed by atoms with E-state index in [0.29, 0.717) is 58.0 Å². The third-order valence-electron chi connectivity index (χ3n) is 5.12. The normalized spacial score (nSPS) is 15.6. The molecule has 1 fully saturated rings. The van der Waals surface area contributed by atoms with Crippen LogP contribution in [0.2, 0.25) is 0 Å². The monoisotopic (exact) mass is 442 g/mol. The molecular weight excluding hydrogens is 408 g/mol. The molecule has 2 amide bonds. The predicted molar refractivity (Wildman–Crippen MR) is 114 cm³/mol. The Morgan fingerprint density at radius 1 is 1.10 bits per heavy atom. The van der Waals surface area contributed by atoms with Crippen molar-refractivity contribution in [1.29, 1.82) is 0 Å². The lowest BCUT2D eigenvalue weighted by Crippen LogP contribution is -2.38. The average Bonchev–Trinajstić information content (AvgIpc) is 2.93. The van der Waals surface area contributed by atoms with E-state index in [1.807, 2.05) is 13.8 Å². The molecule has 0 radical (unpaired) electrons. The van der Waals surface area contributed by atoms with E-state index in [9.17, 15) is 18.0 Å². The Morgan fingerprint density at radius 3 is 2.30 bits per heavy atom. The Kier molecular flexibility index (Phi) is 8.31. The molecule has 1 aromatic heterocycles. The zero-order chi connectivity index (χ0) is 22.5. The fraction of sp³-hybridized carbons (Fsp3) is 0.700. The number of aryl methyl sites for hydroxylation is 1. The number of aromatic nitrogens is 1. The van der Waals surface area contributed by atoms with Crippen molar-refractivity contribution in [3.8, 4) is 0 Å². The van der Waals surface area contributed by atoms with E-state index < -0.39 is 10.0 Å². The van der Waals surface area contributed by atoms with Gasteiger partial charge in [-0.1, -0.05) is 27.7 Å². The Hall–Kier alpha value is -2.07. The molecular formula is C20H34N4O5S. The summed E-state index contributed by atoms with van der Waals surface area (Å²) in [5.74, 6) is 0.0223. The molecule has 0 saturated carbocycles. The number of hydrogen-bond donors (Lipinski definition) is 0. The highest BCUT2D eigenvalue weighted by Gasteiger charge is 2.28. The molecule has 0 aromatic carbocycles. The zero-order valence-corrected chi connectivity index (χ0v) is 19.4. The van der Waals surface area contributed by atoms with Gasteiger partial charge in [0.25, 0.3) is 5.91 Å². The van der Waals surface area contributed by atoms with Crippen molar-refractivity contribution >= 4 is 22.0 Å². The van der Waals surface area contributed by atoms with Crippen LogP contribution < -0.4 is 0 Å². The predicted octanol–water partition coefficient (Wildman–Crippen LogP) is 2.00. The Labute approximate surface area is 179 Å². The van der Waals surface area contributed by atoms with Gasteiger partial charge in [0.15, 0.2) is 0 Å². The third-order valence-corrected chi connectivity index (χ3v) is 7.14. The molecule has 1 saturated heterocycles. The van der Waals surface area contributed by atoms with Crippen molar-refractivity contribution < 1.29 is 22.7 Å². The molecule has 2 heterocycles. The lowest BCUT2D eigenvalue weighted by Gasteiger charge is -2.22. The maximum absolute atomic E-state index is 13.1. The lowest BCUT2D eigenvalue weighted by atomic mass is 10.2. The summed E-state index contributed by atoms with van der Waals surface area (Å²) < 4.78 is 33.8. The summed E-state index contributed by atoms with van der Waals surface area (Å²) in [5.41, 5.74) is 0.316. The van der Waals surface area contributed by atoms with Gasteiger partial charge in [-0.3, -0.25) is 4.79 Å². The summed E-state index contributed by atoms with van der Waals surface area (Å²) in [7, 11) is -1.97. The van der Waals surface area contributed by atoms with Crippen molar-refractivity contribution in [2.75, 3.05) is 45.9 Å². The number of ether oxygens (including phenoxy) is 1. The maximum Gasteiger partial charge on any atom is 0.409 e. The highest BCUT2D eigenvalue weighted by Crippen LogP contribution is 2.20. The molecule has 0 bridgehead atoms. The molecule has 30 heavy (non-hydrogen) atoms. The topological polar surface area (TPSA) is 92.2 Å². The summed E-state index contributed by atoms with van der Waals surface area (Å²) in [5, 5.41) is 0. The molecule has 1 aromatic rings. The van der Waals surface area contributed by atoms with Crippen LogP contribution in [0.5, 0.6) is 0 Å². The Morgan fingerprint density at radius 2 is 1.70 bits per heavy atom. The number of carbonyl (C=O) groups is 2. The fourth-order valence-electron chi connectivity index (χ4n) is 3.39. The van der Waals surface area contributed by atoms with Crippen molar-refractivity contribution in [2.45, 2.75) is 39.0 Å². The highest BCUT2D eigenvalue weighted by atomic mass is 32.2. The minimum absolute atomic E-state index is 0.116. The molecule has 1 aliphatic rings. The Bertz CT molecular complexity index is 845. The molecule has 0 unspecified atom stereocenters. The molecule has 2 rings (SSSR count). The first-order valence-corrected chi connectivity index (χ1v) is 11.9. The number of amides is 2. The molecule has 0 atom stereocenters. The largest absolute Gasteiger partial charge is 0.449 e. The van der Waals surface area contributed by atoms with Crippen LogP contribution in [0.1, 0.15) is 44.6 Å². The van der Waals surface area contributed by atoms with Gasteiger partial charge >= 0.3 is 6.09 Å². The van der Waals surface area contributed by atoms with Crippen LogP contribution in [0.3, 0.4) is 0 Å². The smallest absolute Gasteiger partial charge is 0.409 e. The van der Waals surface area contributed by atoms with Crippen LogP contribution in [-0.2, 0) is 21.8 Å². The highest BCUT2D eigenvalue weighted by molar-refractivity contribution is 7.89. The standard InChI is InChI=1S/C20H34N4O5S/c1-6-24(7-2)30(27,28)17-13-18(21(5)14-17)19(25)22-9-8-10-23(12-11-22)20(26)29-15-16(3)4/h13-14,16H,6-12,15H2,1-5H3. The molecule has 1 aliphatic heterocycles. The van der Waals surface area contributed by atoms with Crippen molar-refractivity contribution in [2.24, 2.45) is 13.0 Å².